The molecule has 19 heavy (non-hydrogen) atoms. The maximum Gasteiger partial charge on any atom is 0.150 e. The Labute approximate surface area is 114 Å². The van der Waals surface area contributed by atoms with E-state index < -0.39 is 9.84 Å². The molecule has 6 heteroatoms. The standard InChI is InChI=1S/C13H21N3O2S/c1-2-6-14-13-10-12(3-7-15-13)16-11-4-8-19(17,18)9-5-11/h3,7,10-11H,2,4-6,8-9H2,1H3,(H2,14,15,16). The van der Waals surface area contributed by atoms with Gasteiger partial charge in [0, 0.05) is 30.5 Å². The van der Waals surface area contributed by atoms with E-state index in [2.05, 4.69) is 22.5 Å². The third-order valence-corrected chi connectivity index (χ3v) is 4.96. The lowest BCUT2D eigenvalue weighted by Gasteiger charge is -2.24. The second-order valence-corrected chi connectivity index (χ2v) is 7.23. The molecule has 0 spiro atoms. The summed E-state index contributed by atoms with van der Waals surface area (Å²) in [5.74, 6) is 1.43. The second kappa shape index (κ2) is 6.23. The average Bonchev–Trinajstić information content (AvgIpc) is 2.39. The molecule has 0 saturated carbocycles. The molecule has 0 bridgehead atoms. The number of nitrogens with one attached hydrogen (secondary N) is 2. The molecule has 0 aliphatic carbocycles. The van der Waals surface area contributed by atoms with Gasteiger partial charge < -0.3 is 10.6 Å². The first-order valence-electron chi connectivity index (χ1n) is 6.76. The van der Waals surface area contributed by atoms with Gasteiger partial charge in [0.25, 0.3) is 0 Å². The van der Waals surface area contributed by atoms with Crippen LogP contribution in [0.3, 0.4) is 0 Å². The fourth-order valence-corrected chi connectivity index (χ4v) is 3.63. The van der Waals surface area contributed by atoms with Crippen LogP contribution in [-0.2, 0) is 9.84 Å². The van der Waals surface area contributed by atoms with E-state index in [0.717, 1.165) is 24.5 Å². The maximum atomic E-state index is 11.4. The Morgan fingerprint density at radius 3 is 2.79 bits per heavy atom. The van der Waals surface area contributed by atoms with E-state index in [1.165, 1.54) is 0 Å². The van der Waals surface area contributed by atoms with Crippen LogP contribution in [0.1, 0.15) is 26.2 Å². The highest BCUT2D eigenvalue weighted by molar-refractivity contribution is 7.91. The number of aromatic nitrogens is 1. The van der Waals surface area contributed by atoms with Crippen LogP contribution in [0.25, 0.3) is 0 Å². The predicted molar refractivity (Wildman–Crippen MR) is 78.3 cm³/mol. The predicted octanol–water partition coefficient (Wildman–Crippen LogP) is 1.89. The molecular weight excluding hydrogens is 262 g/mol. The highest BCUT2D eigenvalue weighted by atomic mass is 32.2. The van der Waals surface area contributed by atoms with Gasteiger partial charge in [0.15, 0.2) is 0 Å². The molecule has 5 nitrogen and oxygen atoms in total. The van der Waals surface area contributed by atoms with Crippen molar-refractivity contribution >= 4 is 21.3 Å². The summed E-state index contributed by atoms with van der Waals surface area (Å²) in [6.45, 7) is 3.01. The van der Waals surface area contributed by atoms with E-state index in [1.54, 1.807) is 6.20 Å². The number of hydrogen-bond donors (Lipinski definition) is 2. The summed E-state index contributed by atoms with van der Waals surface area (Å²) >= 11 is 0. The first-order chi connectivity index (χ1) is 9.09. The second-order valence-electron chi connectivity index (χ2n) is 4.93. The van der Waals surface area contributed by atoms with Gasteiger partial charge in [0.2, 0.25) is 0 Å². The molecule has 2 rings (SSSR count). The molecular formula is C13H21N3O2S. The number of pyridine rings is 1. The minimum absolute atomic E-state index is 0.241. The zero-order valence-electron chi connectivity index (χ0n) is 11.2. The van der Waals surface area contributed by atoms with Gasteiger partial charge >= 0.3 is 0 Å². The van der Waals surface area contributed by atoms with Gasteiger partial charge in [-0.15, -0.1) is 0 Å². The van der Waals surface area contributed by atoms with Crippen molar-refractivity contribution in [3.63, 3.8) is 0 Å². The van der Waals surface area contributed by atoms with Crippen LogP contribution in [0.5, 0.6) is 0 Å². The van der Waals surface area contributed by atoms with Crippen molar-refractivity contribution < 1.29 is 8.42 Å². The number of anilines is 2. The summed E-state index contributed by atoms with van der Waals surface area (Å²) < 4.78 is 22.7. The molecule has 106 valence electrons. The lowest BCUT2D eigenvalue weighted by atomic mass is 10.1. The fraction of sp³-hybridized carbons (Fsp3) is 0.615. The average molecular weight is 283 g/mol. The first-order valence-corrected chi connectivity index (χ1v) is 8.58. The molecule has 0 radical (unpaired) electrons. The fourth-order valence-electron chi connectivity index (χ4n) is 2.14. The topological polar surface area (TPSA) is 71.1 Å². The van der Waals surface area contributed by atoms with Gasteiger partial charge in [-0.1, -0.05) is 6.92 Å². The highest BCUT2D eigenvalue weighted by Gasteiger charge is 2.23. The summed E-state index contributed by atoms with van der Waals surface area (Å²) in [6, 6.07) is 4.13. The molecule has 0 aromatic carbocycles. The largest absolute Gasteiger partial charge is 0.382 e. The molecule has 1 saturated heterocycles. The summed E-state index contributed by atoms with van der Waals surface area (Å²) in [7, 11) is -2.79. The summed E-state index contributed by atoms with van der Waals surface area (Å²) in [4.78, 5) is 4.25. The zero-order chi connectivity index (χ0) is 13.7. The summed E-state index contributed by atoms with van der Waals surface area (Å²) in [5.41, 5.74) is 0.998. The van der Waals surface area contributed by atoms with Crippen LogP contribution in [0, 0.1) is 0 Å². The molecule has 1 fully saturated rings. The molecule has 0 atom stereocenters. The van der Waals surface area contributed by atoms with E-state index in [1.807, 2.05) is 12.1 Å². The summed E-state index contributed by atoms with van der Waals surface area (Å²) in [6.07, 6.45) is 4.18. The quantitative estimate of drug-likeness (QED) is 0.863. The van der Waals surface area contributed by atoms with Crippen LogP contribution in [0.2, 0.25) is 0 Å². The molecule has 1 aliphatic heterocycles. The van der Waals surface area contributed by atoms with Gasteiger partial charge in [0.1, 0.15) is 15.7 Å². The smallest absolute Gasteiger partial charge is 0.150 e. The molecule has 2 heterocycles. The van der Waals surface area contributed by atoms with Gasteiger partial charge in [-0.2, -0.15) is 0 Å². The van der Waals surface area contributed by atoms with Crippen molar-refractivity contribution in [3.05, 3.63) is 18.3 Å². The van der Waals surface area contributed by atoms with E-state index in [0.29, 0.717) is 12.8 Å². The van der Waals surface area contributed by atoms with Crippen molar-refractivity contribution in [1.29, 1.82) is 0 Å². The molecule has 1 aromatic heterocycles. The van der Waals surface area contributed by atoms with E-state index in [4.69, 9.17) is 0 Å². The van der Waals surface area contributed by atoms with Crippen LogP contribution in [0.4, 0.5) is 11.5 Å². The van der Waals surface area contributed by atoms with Crippen LogP contribution >= 0.6 is 0 Å². The molecule has 2 N–H and O–H groups in total. The third kappa shape index (κ3) is 4.38. The van der Waals surface area contributed by atoms with Crippen molar-refractivity contribution in [2.75, 3.05) is 28.7 Å². The Kier molecular flexibility index (Phi) is 4.63. The van der Waals surface area contributed by atoms with Crippen molar-refractivity contribution in [2.24, 2.45) is 0 Å². The van der Waals surface area contributed by atoms with Crippen molar-refractivity contribution in [3.8, 4) is 0 Å². The number of nitrogens with zero attached hydrogens (tertiary/aromatic N) is 1. The monoisotopic (exact) mass is 283 g/mol. The number of sulfone groups is 1. The van der Waals surface area contributed by atoms with E-state index >= 15 is 0 Å². The van der Waals surface area contributed by atoms with Crippen molar-refractivity contribution in [1.82, 2.24) is 4.98 Å². The van der Waals surface area contributed by atoms with E-state index in [-0.39, 0.29) is 17.5 Å². The molecule has 0 unspecified atom stereocenters. The highest BCUT2D eigenvalue weighted by Crippen LogP contribution is 2.19. The van der Waals surface area contributed by atoms with Gasteiger partial charge in [-0.3, -0.25) is 0 Å². The normalized spacial score (nSPS) is 19.0. The van der Waals surface area contributed by atoms with Crippen LogP contribution in [-0.4, -0.2) is 37.5 Å². The SMILES string of the molecule is CCCNc1cc(NC2CCS(=O)(=O)CC2)ccn1. The Morgan fingerprint density at radius 2 is 2.11 bits per heavy atom. The molecule has 1 aromatic rings. The van der Waals surface area contributed by atoms with Gasteiger partial charge in [-0.05, 0) is 25.3 Å². The first kappa shape index (κ1) is 14.1. The Hall–Kier alpha value is -1.30. The number of hydrogen-bond acceptors (Lipinski definition) is 5. The number of rotatable bonds is 5. The van der Waals surface area contributed by atoms with Gasteiger partial charge in [0.05, 0.1) is 11.5 Å². The molecule has 1 aliphatic rings. The van der Waals surface area contributed by atoms with Crippen LogP contribution in [0.15, 0.2) is 18.3 Å². The lowest BCUT2D eigenvalue weighted by Crippen LogP contribution is -2.32. The third-order valence-electron chi connectivity index (χ3n) is 3.24. The summed E-state index contributed by atoms with van der Waals surface area (Å²) in [5, 5.41) is 6.63. The Morgan fingerprint density at radius 1 is 1.37 bits per heavy atom. The Balaban J connectivity index is 1.92. The minimum atomic E-state index is -2.79. The molecule has 0 amide bonds. The minimum Gasteiger partial charge on any atom is -0.382 e. The lowest BCUT2D eigenvalue weighted by molar-refractivity contribution is 0.559. The Bertz CT molecular complexity index is 502. The van der Waals surface area contributed by atoms with Gasteiger partial charge in [-0.25, -0.2) is 13.4 Å². The zero-order valence-corrected chi connectivity index (χ0v) is 12.0. The maximum absolute atomic E-state index is 11.4. The van der Waals surface area contributed by atoms with E-state index in [9.17, 15) is 8.42 Å². The van der Waals surface area contributed by atoms with Crippen LogP contribution < -0.4 is 10.6 Å². The van der Waals surface area contributed by atoms with Crippen molar-refractivity contribution in [2.45, 2.75) is 32.2 Å².